The van der Waals surface area contributed by atoms with Crippen LogP contribution in [0.4, 0.5) is 11.4 Å². The van der Waals surface area contributed by atoms with Crippen molar-refractivity contribution in [2.24, 2.45) is 0 Å². The lowest BCUT2D eigenvalue weighted by Crippen LogP contribution is -2.31. The van der Waals surface area contributed by atoms with E-state index in [-0.39, 0.29) is 28.9 Å². The van der Waals surface area contributed by atoms with Crippen LogP contribution in [0.3, 0.4) is 0 Å². The molecule has 3 N–H and O–H groups in total. The van der Waals surface area contributed by atoms with Gasteiger partial charge in [-0.2, -0.15) is 5.26 Å². The van der Waals surface area contributed by atoms with Crippen LogP contribution in [0, 0.1) is 11.3 Å². The van der Waals surface area contributed by atoms with E-state index < -0.39 is 5.92 Å². The highest BCUT2D eigenvalue weighted by Crippen LogP contribution is 2.43. The molecular formula is C30H25ClN4O3S. The Morgan fingerprint density at radius 3 is 2.23 bits per heavy atom. The second-order valence-corrected chi connectivity index (χ2v) is 10.2. The van der Waals surface area contributed by atoms with Crippen molar-refractivity contribution in [3.8, 4) is 6.07 Å². The number of dihydropyridines is 1. The number of amides is 2. The molecule has 0 fully saturated rings. The lowest BCUT2D eigenvalue weighted by Gasteiger charge is -2.30. The van der Waals surface area contributed by atoms with Gasteiger partial charge in [-0.3, -0.25) is 14.4 Å². The molecule has 3 aromatic carbocycles. The van der Waals surface area contributed by atoms with Crippen LogP contribution >= 0.6 is 23.4 Å². The van der Waals surface area contributed by atoms with E-state index in [0.717, 1.165) is 11.8 Å². The van der Waals surface area contributed by atoms with Crippen molar-refractivity contribution in [3.63, 3.8) is 0 Å². The van der Waals surface area contributed by atoms with Gasteiger partial charge in [0.1, 0.15) is 0 Å². The minimum Gasteiger partial charge on any atom is -0.353 e. The number of hydrogen-bond acceptors (Lipinski definition) is 6. The molecule has 0 saturated carbocycles. The van der Waals surface area contributed by atoms with Crippen molar-refractivity contribution >= 4 is 52.3 Å². The number of benzene rings is 3. The number of allylic oxidation sites excluding steroid dienone is 2. The molecule has 9 heteroatoms. The molecule has 0 spiro atoms. The number of carbonyl (C=O) groups is 3. The Bertz CT molecular complexity index is 1530. The van der Waals surface area contributed by atoms with Gasteiger partial charge in [-0.1, -0.05) is 59.8 Å². The third-order valence-electron chi connectivity index (χ3n) is 6.06. The fourth-order valence-corrected chi connectivity index (χ4v) is 5.33. The molecule has 7 nitrogen and oxygen atoms in total. The van der Waals surface area contributed by atoms with E-state index >= 15 is 0 Å². The van der Waals surface area contributed by atoms with Crippen molar-refractivity contribution in [2.45, 2.75) is 19.8 Å². The highest BCUT2D eigenvalue weighted by Gasteiger charge is 2.36. The first-order chi connectivity index (χ1) is 18.8. The number of nitriles is 1. The summed E-state index contributed by atoms with van der Waals surface area (Å²) in [6.07, 6.45) is 0. The zero-order valence-electron chi connectivity index (χ0n) is 21.2. The van der Waals surface area contributed by atoms with Gasteiger partial charge in [0.25, 0.3) is 5.91 Å². The number of nitrogens with one attached hydrogen (secondary N) is 3. The summed E-state index contributed by atoms with van der Waals surface area (Å²) in [4.78, 5) is 37.7. The molecule has 0 bridgehead atoms. The summed E-state index contributed by atoms with van der Waals surface area (Å²) in [5.41, 5.74) is 3.55. The third-order valence-corrected chi connectivity index (χ3v) is 7.42. The number of Topliss-reactive ketones (excluding diaryl/α,β-unsaturated/α-hetero) is 1. The van der Waals surface area contributed by atoms with Gasteiger partial charge in [0.15, 0.2) is 5.78 Å². The van der Waals surface area contributed by atoms with Gasteiger partial charge < -0.3 is 16.0 Å². The zero-order valence-corrected chi connectivity index (χ0v) is 22.8. The Morgan fingerprint density at radius 2 is 1.59 bits per heavy atom. The molecule has 0 saturated heterocycles. The quantitative estimate of drug-likeness (QED) is 0.283. The third kappa shape index (κ3) is 6.58. The van der Waals surface area contributed by atoms with Crippen molar-refractivity contribution in [3.05, 3.63) is 117 Å². The maximum Gasteiger partial charge on any atom is 0.254 e. The molecule has 39 heavy (non-hydrogen) atoms. The monoisotopic (exact) mass is 556 g/mol. The van der Waals surface area contributed by atoms with E-state index in [1.807, 2.05) is 18.2 Å². The maximum atomic E-state index is 13.5. The van der Waals surface area contributed by atoms with Crippen LogP contribution in [0.2, 0.25) is 5.02 Å². The Balaban J connectivity index is 1.60. The molecule has 2 amide bonds. The summed E-state index contributed by atoms with van der Waals surface area (Å²) >= 11 is 7.72. The van der Waals surface area contributed by atoms with Crippen LogP contribution in [0.15, 0.2) is 101 Å². The Morgan fingerprint density at radius 1 is 0.949 bits per heavy atom. The Kier molecular flexibility index (Phi) is 8.87. The van der Waals surface area contributed by atoms with Crippen LogP contribution in [0.25, 0.3) is 0 Å². The summed E-state index contributed by atoms with van der Waals surface area (Å²) in [6.45, 7) is 3.24. The first-order valence-electron chi connectivity index (χ1n) is 12.0. The molecule has 0 aliphatic carbocycles. The molecule has 196 valence electrons. The lowest BCUT2D eigenvalue weighted by atomic mass is 9.82. The molecular weight excluding hydrogens is 532 g/mol. The minimum atomic E-state index is -0.738. The minimum absolute atomic E-state index is 0.00996. The van der Waals surface area contributed by atoms with Gasteiger partial charge in [0, 0.05) is 33.2 Å². The molecule has 1 heterocycles. The van der Waals surface area contributed by atoms with Gasteiger partial charge in [0.2, 0.25) is 5.91 Å². The SMILES string of the molecule is CC(=O)c1ccc(NC(=O)CSC2=C(C#N)[C@@H](c3ccccc3Cl)C(C(=O)Nc3ccccc3)=C(C)N2)cc1. The van der Waals surface area contributed by atoms with Crippen molar-refractivity contribution in [2.75, 3.05) is 16.4 Å². The summed E-state index contributed by atoms with van der Waals surface area (Å²) < 4.78 is 0. The second-order valence-electron chi connectivity index (χ2n) is 8.76. The lowest BCUT2D eigenvalue weighted by molar-refractivity contribution is -0.114. The number of carbonyl (C=O) groups excluding carboxylic acids is 3. The van der Waals surface area contributed by atoms with E-state index in [1.54, 1.807) is 67.6 Å². The van der Waals surface area contributed by atoms with E-state index in [9.17, 15) is 19.6 Å². The predicted molar refractivity (Wildman–Crippen MR) is 155 cm³/mol. The van der Waals surface area contributed by atoms with E-state index in [4.69, 9.17) is 11.6 Å². The summed E-state index contributed by atoms with van der Waals surface area (Å²) in [6, 6.07) is 25.0. The van der Waals surface area contributed by atoms with Gasteiger partial charge in [0.05, 0.1) is 28.3 Å². The van der Waals surface area contributed by atoms with Crippen LogP contribution in [-0.4, -0.2) is 23.4 Å². The molecule has 1 atom stereocenters. The fraction of sp³-hybridized carbons (Fsp3) is 0.133. The van der Waals surface area contributed by atoms with E-state index in [1.165, 1.54) is 6.92 Å². The highest BCUT2D eigenvalue weighted by molar-refractivity contribution is 8.03. The normalized spacial score (nSPS) is 14.8. The van der Waals surface area contributed by atoms with Crippen LogP contribution in [0.5, 0.6) is 0 Å². The Labute approximate surface area is 235 Å². The second kappa shape index (κ2) is 12.5. The van der Waals surface area contributed by atoms with Gasteiger partial charge >= 0.3 is 0 Å². The largest absolute Gasteiger partial charge is 0.353 e. The number of halogens is 1. The summed E-state index contributed by atoms with van der Waals surface area (Å²) in [5.74, 6) is -1.43. The Hall–Kier alpha value is -4.32. The van der Waals surface area contributed by atoms with Crippen LogP contribution < -0.4 is 16.0 Å². The summed E-state index contributed by atoms with van der Waals surface area (Å²) in [7, 11) is 0. The van der Waals surface area contributed by atoms with Gasteiger partial charge in [-0.05, 0) is 61.9 Å². The number of ketones is 1. The molecule has 1 aliphatic rings. The number of anilines is 2. The number of nitrogens with zero attached hydrogens (tertiary/aromatic N) is 1. The highest BCUT2D eigenvalue weighted by atomic mass is 35.5. The number of rotatable bonds is 8. The first kappa shape index (κ1) is 27.7. The maximum absolute atomic E-state index is 13.5. The average Bonchev–Trinajstić information content (AvgIpc) is 2.92. The molecule has 4 rings (SSSR count). The molecule has 3 aromatic rings. The van der Waals surface area contributed by atoms with E-state index in [2.05, 4.69) is 22.0 Å². The zero-order chi connectivity index (χ0) is 27.9. The van der Waals surface area contributed by atoms with E-state index in [0.29, 0.717) is 43.8 Å². The molecule has 0 radical (unpaired) electrons. The first-order valence-corrected chi connectivity index (χ1v) is 13.4. The number of thioether (sulfide) groups is 1. The van der Waals surface area contributed by atoms with Crippen molar-refractivity contribution in [1.82, 2.24) is 5.32 Å². The molecule has 0 aromatic heterocycles. The van der Waals surface area contributed by atoms with Gasteiger partial charge in [-0.25, -0.2) is 0 Å². The standard InChI is InChI=1S/C30H25ClN4O3S/c1-18-27(29(38)35-21-8-4-3-5-9-21)28(23-10-6-7-11-25(23)31)24(16-32)30(33-18)39-17-26(37)34-22-14-12-20(13-15-22)19(2)36/h3-15,28,33H,17H2,1-2H3,(H,34,37)(H,35,38)/t28-/m1/s1. The van der Waals surface area contributed by atoms with Crippen LogP contribution in [0.1, 0.15) is 35.7 Å². The van der Waals surface area contributed by atoms with Crippen molar-refractivity contribution in [1.29, 1.82) is 5.26 Å². The molecule has 1 aliphatic heterocycles. The van der Waals surface area contributed by atoms with Crippen molar-refractivity contribution < 1.29 is 14.4 Å². The topological polar surface area (TPSA) is 111 Å². The fourth-order valence-electron chi connectivity index (χ4n) is 4.19. The number of hydrogen-bond donors (Lipinski definition) is 3. The summed E-state index contributed by atoms with van der Waals surface area (Å²) in [5, 5.41) is 20.0. The van der Waals surface area contributed by atoms with Crippen LogP contribution in [-0.2, 0) is 9.59 Å². The predicted octanol–water partition coefficient (Wildman–Crippen LogP) is 6.25. The number of para-hydroxylation sites is 1. The smallest absolute Gasteiger partial charge is 0.254 e. The molecule has 0 unspecified atom stereocenters. The van der Waals surface area contributed by atoms with Gasteiger partial charge in [-0.15, -0.1) is 0 Å². The average molecular weight is 557 g/mol.